The van der Waals surface area contributed by atoms with Crippen LogP contribution < -0.4 is 10.2 Å². The number of hydrogen-bond acceptors (Lipinski definition) is 7. The van der Waals surface area contributed by atoms with Gasteiger partial charge in [0.2, 0.25) is 17.2 Å². The van der Waals surface area contributed by atoms with Gasteiger partial charge in [-0.05, 0) is 38.3 Å². The van der Waals surface area contributed by atoms with Crippen molar-refractivity contribution in [3.05, 3.63) is 5.28 Å². The lowest BCUT2D eigenvalue weighted by Gasteiger charge is -2.17. The van der Waals surface area contributed by atoms with Gasteiger partial charge < -0.3 is 15.0 Å². The van der Waals surface area contributed by atoms with Gasteiger partial charge >= 0.3 is 5.97 Å². The van der Waals surface area contributed by atoms with Crippen LogP contribution in [0.3, 0.4) is 0 Å². The molecule has 0 aliphatic carbocycles. The van der Waals surface area contributed by atoms with E-state index in [1.54, 1.807) is 13.8 Å². The Kier molecular flexibility index (Phi) is 4.94. The highest BCUT2D eigenvalue weighted by atomic mass is 35.5. The maximum atomic E-state index is 11.6. The zero-order valence-electron chi connectivity index (χ0n) is 11.6. The maximum Gasteiger partial charge on any atom is 0.328 e. The topological polar surface area (TPSA) is 80.2 Å². The lowest BCUT2D eigenvalue weighted by atomic mass is 10.3. The van der Waals surface area contributed by atoms with Crippen molar-refractivity contribution in [2.24, 2.45) is 0 Å². The molecule has 0 bridgehead atoms. The SMILES string of the molecule is CCOC(=O)C(C)Nc1nc(Cl)nc(N2CCCC2)n1. The summed E-state index contributed by atoms with van der Waals surface area (Å²) in [5.74, 6) is 0.472. The molecule has 7 nitrogen and oxygen atoms in total. The molecule has 1 saturated heterocycles. The largest absolute Gasteiger partial charge is 0.464 e. The molecule has 20 heavy (non-hydrogen) atoms. The number of rotatable bonds is 5. The molecule has 1 aromatic heterocycles. The Labute approximate surface area is 122 Å². The third-order valence-electron chi connectivity index (χ3n) is 2.97. The first-order valence-corrected chi connectivity index (χ1v) is 7.07. The van der Waals surface area contributed by atoms with E-state index < -0.39 is 6.04 Å². The van der Waals surface area contributed by atoms with Gasteiger partial charge in [0.15, 0.2) is 0 Å². The van der Waals surface area contributed by atoms with Crippen molar-refractivity contribution >= 4 is 29.5 Å². The van der Waals surface area contributed by atoms with Crippen molar-refractivity contribution in [1.82, 2.24) is 15.0 Å². The second-order valence-corrected chi connectivity index (χ2v) is 4.88. The van der Waals surface area contributed by atoms with Crippen LogP contribution in [0.1, 0.15) is 26.7 Å². The number of carbonyl (C=O) groups is 1. The first kappa shape index (κ1) is 14.8. The number of esters is 1. The molecule has 2 heterocycles. The van der Waals surface area contributed by atoms with E-state index in [0.29, 0.717) is 12.6 Å². The van der Waals surface area contributed by atoms with Gasteiger partial charge in [-0.3, -0.25) is 0 Å². The third kappa shape index (κ3) is 3.69. The van der Waals surface area contributed by atoms with Gasteiger partial charge in [0.1, 0.15) is 6.04 Å². The van der Waals surface area contributed by atoms with Gasteiger partial charge in [0, 0.05) is 13.1 Å². The van der Waals surface area contributed by atoms with E-state index >= 15 is 0 Å². The molecule has 0 aromatic carbocycles. The van der Waals surface area contributed by atoms with Crippen molar-refractivity contribution in [2.45, 2.75) is 32.7 Å². The number of nitrogens with one attached hydrogen (secondary N) is 1. The predicted molar refractivity (Wildman–Crippen MR) is 76.0 cm³/mol. The Morgan fingerprint density at radius 1 is 1.40 bits per heavy atom. The minimum absolute atomic E-state index is 0.112. The number of nitrogens with zero attached hydrogens (tertiary/aromatic N) is 4. The average molecular weight is 300 g/mol. The molecule has 110 valence electrons. The van der Waals surface area contributed by atoms with Gasteiger partial charge in [-0.2, -0.15) is 15.0 Å². The van der Waals surface area contributed by atoms with Gasteiger partial charge in [0.25, 0.3) is 0 Å². The first-order chi connectivity index (χ1) is 9.60. The van der Waals surface area contributed by atoms with Crippen LogP contribution in [0.2, 0.25) is 5.28 Å². The number of anilines is 2. The monoisotopic (exact) mass is 299 g/mol. The molecular weight excluding hydrogens is 282 g/mol. The number of hydrogen-bond donors (Lipinski definition) is 1. The van der Waals surface area contributed by atoms with Crippen LogP contribution in [-0.4, -0.2) is 46.7 Å². The first-order valence-electron chi connectivity index (χ1n) is 6.70. The molecule has 1 atom stereocenters. The zero-order valence-corrected chi connectivity index (χ0v) is 12.4. The third-order valence-corrected chi connectivity index (χ3v) is 3.14. The van der Waals surface area contributed by atoms with E-state index in [-0.39, 0.29) is 17.2 Å². The molecule has 1 aromatic rings. The Morgan fingerprint density at radius 2 is 2.10 bits per heavy atom. The summed E-state index contributed by atoms with van der Waals surface area (Å²) in [6, 6.07) is -0.542. The van der Waals surface area contributed by atoms with Crippen molar-refractivity contribution in [3.63, 3.8) is 0 Å². The van der Waals surface area contributed by atoms with Crippen molar-refractivity contribution in [1.29, 1.82) is 0 Å². The molecule has 0 amide bonds. The van der Waals surface area contributed by atoms with Crippen molar-refractivity contribution in [3.8, 4) is 0 Å². The molecule has 1 fully saturated rings. The number of halogens is 1. The van der Waals surface area contributed by atoms with Gasteiger partial charge in [-0.25, -0.2) is 4.79 Å². The molecular formula is C12H18ClN5O2. The summed E-state index contributed by atoms with van der Waals surface area (Å²) < 4.78 is 4.92. The fourth-order valence-corrected chi connectivity index (χ4v) is 2.14. The molecule has 1 unspecified atom stereocenters. The number of ether oxygens (including phenoxy) is 1. The predicted octanol–water partition coefficient (Wildman–Crippen LogP) is 1.49. The van der Waals surface area contributed by atoms with Crippen molar-refractivity contribution in [2.75, 3.05) is 29.9 Å². The summed E-state index contributed by atoms with van der Waals surface area (Å²) in [5.41, 5.74) is 0. The molecule has 0 spiro atoms. The van der Waals surface area contributed by atoms with E-state index in [4.69, 9.17) is 16.3 Å². The second kappa shape index (κ2) is 6.69. The normalized spacial score (nSPS) is 16.1. The molecule has 8 heteroatoms. The molecule has 0 saturated carbocycles. The van der Waals surface area contributed by atoms with Crippen LogP contribution in [0.4, 0.5) is 11.9 Å². The van der Waals surface area contributed by atoms with E-state index in [2.05, 4.69) is 20.3 Å². The molecule has 0 radical (unpaired) electrons. The molecule has 1 aliphatic rings. The summed E-state index contributed by atoms with van der Waals surface area (Å²) in [7, 11) is 0. The highest BCUT2D eigenvalue weighted by Gasteiger charge is 2.19. The lowest BCUT2D eigenvalue weighted by Crippen LogP contribution is -2.30. The Balaban J connectivity index is 2.09. The molecule has 2 rings (SSSR count). The van der Waals surface area contributed by atoms with E-state index in [9.17, 15) is 4.79 Å². The average Bonchev–Trinajstić information content (AvgIpc) is 2.92. The van der Waals surface area contributed by atoms with Crippen LogP contribution in [0, 0.1) is 0 Å². The van der Waals surface area contributed by atoms with Crippen LogP contribution in [0.25, 0.3) is 0 Å². The Morgan fingerprint density at radius 3 is 2.75 bits per heavy atom. The highest BCUT2D eigenvalue weighted by Crippen LogP contribution is 2.18. The highest BCUT2D eigenvalue weighted by molar-refractivity contribution is 6.28. The fourth-order valence-electron chi connectivity index (χ4n) is 1.98. The fraction of sp³-hybridized carbons (Fsp3) is 0.667. The van der Waals surface area contributed by atoms with Gasteiger partial charge in [0.05, 0.1) is 6.61 Å². The standard InChI is InChI=1S/C12H18ClN5O2/c1-3-20-9(19)8(2)14-11-15-10(13)16-12(17-11)18-6-4-5-7-18/h8H,3-7H2,1-2H3,(H,14,15,16,17). The van der Waals surface area contributed by atoms with Crippen LogP contribution in [0.15, 0.2) is 0 Å². The number of aromatic nitrogens is 3. The quantitative estimate of drug-likeness (QED) is 0.825. The summed E-state index contributed by atoms with van der Waals surface area (Å²) in [6.07, 6.45) is 2.23. The minimum Gasteiger partial charge on any atom is -0.464 e. The maximum absolute atomic E-state index is 11.6. The van der Waals surface area contributed by atoms with Crippen LogP contribution in [-0.2, 0) is 9.53 Å². The van der Waals surface area contributed by atoms with Crippen LogP contribution >= 0.6 is 11.6 Å². The smallest absolute Gasteiger partial charge is 0.328 e. The van der Waals surface area contributed by atoms with Crippen LogP contribution in [0.5, 0.6) is 0 Å². The zero-order chi connectivity index (χ0) is 14.5. The van der Waals surface area contributed by atoms with E-state index in [0.717, 1.165) is 25.9 Å². The summed E-state index contributed by atoms with van der Waals surface area (Å²) >= 11 is 5.91. The minimum atomic E-state index is -0.542. The van der Waals surface area contributed by atoms with Gasteiger partial charge in [-0.1, -0.05) is 0 Å². The van der Waals surface area contributed by atoms with E-state index in [1.165, 1.54) is 0 Å². The van der Waals surface area contributed by atoms with Gasteiger partial charge in [-0.15, -0.1) is 0 Å². The van der Waals surface area contributed by atoms with Crippen molar-refractivity contribution < 1.29 is 9.53 Å². The lowest BCUT2D eigenvalue weighted by molar-refractivity contribution is -0.143. The van der Waals surface area contributed by atoms with E-state index in [1.807, 2.05) is 4.90 Å². The summed E-state index contributed by atoms with van der Waals surface area (Å²) in [4.78, 5) is 26.0. The molecule has 1 aliphatic heterocycles. The second-order valence-electron chi connectivity index (χ2n) is 4.54. The molecule has 1 N–H and O–H groups in total. The summed E-state index contributed by atoms with van der Waals surface area (Å²) in [6.45, 7) is 5.60. The number of carbonyl (C=O) groups excluding carboxylic acids is 1. The Bertz CT molecular complexity index is 479. The summed E-state index contributed by atoms with van der Waals surface area (Å²) in [5, 5.41) is 2.99. The Hall–Kier alpha value is -1.63.